The van der Waals surface area contributed by atoms with E-state index in [0.717, 1.165) is 78.0 Å². The Kier molecular flexibility index (Phi) is 8.53. The van der Waals surface area contributed by atoms with Gasteiger partial charge in [0.1, 0.15) is 11.2 Å². The zero-order chi connectivity index (χ0) is 46.4. The number of anilines is 6. The van der Waals surface area contributed by atoms with E-state index < -0.39 is 0 Å². The minimum Gasteiger partial charge on any atom is -0.454 e. The maximum absolute atomic E-state index is 7.11. The van der Waals surface area contributed by atoms with Crippen molar-refractivity contribution in [1.29, 1.82) is 0 Å². The predicted molar refractivity (Wildman–Crippen MR) is 284 cm³/mol. The Morgan fingerprint density at radius 3 is 1.15 bits per heavy atom. The van der Waals surface area contributed by atoms with Crippen LogP contribution in [0.15, 0.2) is 179 Å². The van der Waals surface area contributed by atoms with Crippen LogP contribution in [0.1, 0.15) is 72.2 Å². The van der Waals surface area contributed by atoms with E-state index in [1.807, 2.05) is 0 Å². The molecule has 0 atom stereocenters. The third kappa shape index (κ3) is 5.61. The van der Waals surface area contributed by atoms with Crippen LogP contribution in [0.4, 0.5) is 34.1 Å². The second-order valence-electron chi connectivity index (χ2n) is 20.4. The van der Waals surface area contributed by atoms with Crippen LogP contribution in [0.25, 0.3) is 66.1 Å². The molecule has 0 N–H and O–H groups in total. The van der Waals surface area contributed by atoms with Gasteiger partial charge in [-0.05, 0) is 156 Å². The van der Waals surface area contributed by atoms with E-state index in [1.54, 1.807) is 0 Å². The van der Waals surface area contributed by atoms with Crippen molar-refractivity contribution in [3.63, 3.8) is 0 Å². The molecule has 0 unspecified atom stereocenters. The number of benzene rings is 9. The lowest BCUT2D eigenvalue weighted by Gasteiger charge is -2.29. The molecule has 68 heavy (non-hydrogen) atoms. The Hall–Kier alpha value is -7.82. The Balaban J connectivity index is 1.09. The number of aryl methyl sites for hydroxylation is 4. The summed E-state index contributed by atoms with van der Waals surface area (Å²) in [6.45, 7) is 18.4. The maximum Gasteiger partial charge on any atom is 0.160 e. The van der Waals surface area contributed by atoms with Crippen LogP contribution in [-0.4, -0.2) is 0 Å². The van der Waals surface area contributed by atoms with E-state index in [-0.39, 0.29) is 10.8 Å². The van der Waals surface area contributed by atoms with Crippen LogP contribution >= 0.6 is 0 Å². The molecular weight excluding hydrogens is 829 g/mol. The molecule has 2 heterocycles. The lowest BCUT2D eigenvalue weighted by atomic mass is 9.79. The number of rotatable bonds is 6. The van der Waals surface area contributed by atoms with Crippen molar-refractivity contribution in [2.75, 3.05) is 9.80 Å². The monoisotopic (exact) mass is 880 g/mol. The molecule has 0 radical (unpaired) electrons. The highest BCUT2D eigenvalue weighted by Crippen LogP contribution is 2.62. The van der Waals surface area contributed by atoms with Gasteiger partial charge in [0.15, 0.2) is 11.2 Å². The lowest BCUT2D eigenvalue weighted by Crippen LogP contribution is -2.18. The summed E-state index contributed by atoms with van der Waals surface area (Å²) in [7, 11) is 0. The summed E-state index contributed by atoms with van der Waals surface area (Å²) in [5.41, 5.74) is 24.6. The van der Waals surface area contributed by atoms with Crippen LogP contribution in [0.5, 0.6) is 0 Å². The van der Waals surface area contributed by atoms with Crippen LogP contribution in [0.3, 0.4) is 0 Å². The van der Waals surface area contributed by atoms with Crippen molar-refractivity contribution in [2.45, 2.75) is 66.2 Å². The lowest BCUT2D eigenvalue weighted by molar-refractivity contribution is 0.650. The molecule has 0 spiro atoms. The van der Waals surface area contributed by atoms with Crippen molar-refractivity contribution in [1.82, 2.24) is 0 Å². The molecule has 330 valence electrons. The van der Waals surface area contributed by atoms with Crippen LogP contribution in [0, 0.1) is 27.7 Å². The molecule has 4 heteroatoms. The first-order valence-electron chi connectivity index (χ1n) is 23.9. The summed E-state index contributed by atoms with van der Waals surface area (Å²) in [4.78, 5) is 4.82. The first kappa shape index (κ1) is 40.5. The summed E-state index contributed by atoms with van der Waals surface area (Å²) in [6.07, 6.45) is 0. The number of furan rings is 2. The fraction of sp³-hybridized carbons (Fsp3) is 0.156. The molecule has 0 aliphatic heterocycles. The van der Waals surface area contributed by atoms with Gasteiger partial charge in [-0.15, -0.1) is 0 Å². The van der Waals surface area contributed by atoms with Gasteiger partial charge in [-0.25, -0.2) is 0 Å². The molecular formula is C64H52N2O2. The van der Waals surface area contributed by atoms with Crippen molar-refractivity contribution < 1.29 is 8.83 Å². The highest BCUT2D eigenvalue weighted by Gasteiger charge is 2.45. The van der Waals surface area contributed by atoms with Gasteiger partial charge in [0.25, 0.3) is 0 Å². The molecule has 4 nitrogen and oxygen atoms in total. The smallest absolute Gasteiger partial charge is 0.160 e. The van der Waals surface area contributed by atoms with E-state index >= 15 is 0 Å². The molecule has 0 amide bonds. The number of hydrogen-bond donors (Lipinski definition) is 0. The molecule has 2 aliphatic rings. The van der Waals surface area contributed by atoms with Gasteiger partial charge in [0, 0.05) is 55.1 Å². The van der Waals surface area contributed by atoms with Crippen LogP contribution in [0.2, 0.25) is 0 Å². The topological polar surface area (TPSA) is 32.8 Å². The van der Waals surface area contributed by atoms with E-state index in [1.165, 1.54) is 66.8 Å². The first-order valence-corrected chi connectivity index (χ1v) is 23.9. The predicted octanol–water partition coefficient (Wildman–Crippen LogP) is 18.3. The molecule has 13 rings (SSSR count). The highest BCUT2D eigenvalue weighted by atomic mass is 16.3. The van der Waals surface area contributed by atoms with Gasteiger partial charge in [0.2, 0.25) is 0 Å². The number of hydrogen-bond acceptors (Lipinski definition) is 4. The maximum atomic E-state index is 7.11. The Morgan fingerprint density at radius 2 is 0.750 bits per heavy atom. The molecule has 0 bridgehead atoms. The largest absolute Gasteiger partial charge is 0.454 e. The quantitative estimate of drug-likeness (QED) is 0.167. The summed E-state index contributed by atoms with van der Waals surface area (Å²) in [5, 5.41) is 4.59. The zero-order valence-corrected chi connectivity index (χ0v) is 39.9. The van der Waals surface area contributed by atoms with Crippen molar-refractivity contribution >= 4 is 78.0 Å². The molecule has 0 fully saturated rings. The Labute approximate surface area is 397 Å². The van der Waals surface area contributed by atoms with Gasteiger partial charge < -0.3 is 18.6 Å². The van der Waals surface area contributed by atoms with Gasteiger partial charge >= 0.3 is 0 Å². The van der Waals surface area contributed by atoms with Crippen LogP contribution < -0.4 is 9.80 Å². The van der Waals surface area contributed by atoms with Crippen molar-refractivity contribution in [3.8, 4) is 22.3 Å². The van der Waals surface area contributed by atoms with Crippen molar-refractivity contribution in [3.05, 3.63) is 214 Å². The number of para-hydroxylation sites is 4. The zero-order valence-electron chi connectivity index (χ0n) is 39.9. The Bertz CT molecular complexity index is 3650. The Morgan fingerprint density at radius 1 is 0.368 bits per heavy atom. The minimum atomic E-state index is -0.358. The van der Waals surface area contributed by atoms with Crippen LogP contribution in [-0.2, 0) is 10.8 Å². The number of nitrogens with zero attached hydrogens (tertiary/aromatic N) is 2. The summed E-state index contributed by atoms with van der Waals surface area (Å²) < 4.78 is 14.2. The highest BCUT2D eigenvalue weighted by molar-refractivity contribution is 6.22. The van der Waals surface area contributed by atoms with Crippen molar-refractivity contribution in [2.24, 2.45) is 0 Å². The van der Waals surface area contributed by atoms with Gasteiger partial charge in [-0.2, -0.15) is 0 Å². The van der Waals surface area contributed by atoms with Gasteiger partial charge in [-0.1, -0.05) is 136 Å². The molecule has 0 saturated heterocycles. The summed E-state index contributed by atoms with van der Waals surface area (Å²) in [6, 6.07) is 62.2. The standard InChI is InChI=1S/C64H52N2O2/c1-37-27-29-51(39(3)31-37)65(41-19-11-9-12-20-41)53-35-49-57(59-43-23-15-17-25-55(43)67-61(53)59)45-33-48-46(34-47(45)63(49,5)6)58-50(64(48,7)8)36-54(62-60(58)44-24-16-18-26-56(44)68-62)66(42-21-13-10-14-22-42)52-30-28-38(2)32-40(52)4/h9-36H,1-8H3. The second kappa shape index (κ2) is 14.3. The summed E-state index contributed by atoms with van der Waals surface area (Å²) in [5.74, 6) is 0. The average Bonchev–Trinajstić information content (AvgIpc) is 4.04. The molecule has 9 aromatic carbocycles. The van der Waals surface area contributed by atoms with E-state index in [0.29, 0.717) is 0 Å². The van der Waals surface area contributed by atoms with Gasteiger partial charge in [-0.3, -0.25) is 0 Å². The summed E-state index contributed by atoms with van der Waals surface area (Å²) >= 11 is 0. The fourth-order valence-electron chi connectivity index (χ4n) is 12.1. The van der Waals surface area contributed by atoms with E-state index in [4.69, 9.17) is 8.83 Å². The molecule has 2 aromatic heterocycles. The van der Waals surface area contributed by atoms with E-state index in [9.17, 15) is 0 Å². The third-order valence-corrected chi connectivity index (χ3v) is 15.3. The normalized spacial score (nSPS) is 14.1. The third-order valence-electron chi connectivity index (χ3n) is 15.3. The molecule has 0 saturated carbocycles. The SMILES string of the molecule is Cc1ccc(N(c2ccccc2)c2cc3c(c4c2oc2ccccc24)-c2cc4c(cc2C3(C)C)-c2c(cc(N(c3ccccc3)c3ccc(C)cc3C)c3oc5ccccc5c23)C4(C)C)c(C)c1. The molecule has 2 aliphatic carbocycles. The fourth-order valence-corrected chi connectivity index (χ4v) is 12.1. The first-order chi connectivity index (χ1) is 32.9. The van der Waals surface area contributed by atoms with Gasteiger partial charge in [0.05, 0.1) is 11.4 Å². The second-order valence-corrected chi connectivity index (χ2v) is 20.4. The van der Waals surface area contributed by atoms with E-state index in [2.05, 4.69) is 235 Å². The molecule has 11 aromatic rings. The average molecular weight is 881 g/mol. The minimum absolute atomic E-state index is 0.358. The number of fused-ring (bicyclic) bond motifs is 14.